The number of nitrogens with one attached hydrogen (secondary N) is 1. The molecule has 168 valence electrons. The number of rotatable bonds is 9. The van der Waals surface area contributed by atoms with Gasteiger partial charge in [0.15, 0.2) is 18.1 Å². The number of non-ortho nitro benzene ring substituents is 1. The van der Waals surface area contributed by atoms with Crippen LogP contribution < -0.4 is 19.5 Å². The molecule has 0 unspecified atom stereocenters. The van der Waals surface area contributed by atoms with Gasteiger partial charge in [0.2, 0.25) is 11.6 Å². The van der Waals surface area contributed by atoms with Gasteiger partial charge in [-0.1, -0.05) is 0 Å². The highest BCUT2D eigenvalue weighted by Gasteiger charge is 2.20. The number of nitro benzene ring substituents is 1. The van der Waals surface area contributed by atoms with Crippen LogP contribution >= 0.6 is 0 Å². The van der Waals surface area contributed by atoms with Crippen molar-refractivity contribution in [1.29, 1.82) is 0 Å². The van der Waals surface area contributed by atoms with Crippen molar-refractivity contribution in [3.8, 4) is 28.7 Å². The number of nitro groups is 1. The van der Waals surface area contributed by atoms with Crippen LogP contribution in [-0.4, -0.2) is 49.5 Å². The molecule has 0 radical (unpaired) electrons. The quantitative estimate of drug-likeness (QED) is 0.295. The number of hydrogen-bond donors (Lipinski definition) is 1. The lowest BCUT2D eigenvalue weighted by Gasteiger charge is -2.12. The summed E-state index contributed by atoms with van der Waals surface area (Å²) in [6.45, 7) is -0.331. The number of carbonyl (C=O) groups excluding carboxylic acids is 1. The molecule has 12 heteroatoms. The Balaban J connectivity index is 1.79. The molecule has 0 fully saturated rings. The molecule has 0 aliphatic heterocycles. The third kappa shape index (κ3) is 4.53. The van der Waals surface area contributed by atoms with E-state index in [0.29, 0.717) is 28.5 Å². The number of benzene rings is 2. The van der Waals surface area contributed by atoms with Crippen molar-refractivity contribution in [3.05, 3.63) is 51.9 Å². The van der Waals surface area contributed by atoms with Gasteiger partial charge in [-0.15, -0.1) is 10.2 Å². The summed E-state index contributed by atoms with van der Waals surface area (Å²) in [5, 5.41) is 21.6. The summed E-state index contributed by atoms with van der Waals surface area (Å²) in [5.74, 6) is 0.590. The zero-order valence-electron chi connectivity index (χ0n) is 17.7. The molecule has 1 heterocycles. The SMILES string of the molecule is CNc1ccc([N+](=O)[O-])cc1C(=O)OCc1nnc(-c2cc(OC)c(OC)c(OC)c2)o1. The molecule has 1 aromatic heterocycles. The molecule has 2 aromatic carbocycles. The molecule has 3 aromatic rings. The fourth-order valence-corrected chi connectivity index (χ4v) is 2.87. The van der Waals surface area contributed by atoms with E-state index in [-0.39, 0.29) is 29.6 Å². The molecule has 32 heavy (non-hydrogen) atoms. The largest absolute Gasteiger partial charge is 0.493 e. The van der Waals surface area contributed by atoms with E-state index in [1.54, 1.807) is 19.2 Å². The fraction of sp³-hybridized carbons (Fsp3) is 0.250. The minimum Gasteiger partial charge on any atom is -0.493 e. The maximum atomic E-state index is 12.5. The zero-order valence-corrected chi connectivity index (χ0v) is 17.7. The van der Waals surface area contributed by atoms with Gasteiger partial charge < -0.3 is 28.7 Å². The average Bonchev–Trinajstić information content (AvgIpc) is 3.30. The Morgan fingerprint density at radius 2 is 1.78 bits per heavy atom. The highest BCUT2D eigenvalue weighted by Crippen LogP contribution is 2.40. The molecule has 0 aliphatic rings. The second-order valence-electron chi connectivity index (χ2n) is 6.23. The number of anilines is 1. The zero-order chi connectivity index (χ0) is 23.3. The van der Waals surface area contributed by atoms with E-state index in [4.69, 9.17) is 23.4 Å². The van der Waals surface area contributed by atoms with Gasteiger partial charge in [0.25, 0.3) is 11.6 Å². The molecule has 0 saturated carbocycles. The van der Waals surface area contributed by atoms with E-state index in [1.807, 2.05) is 0 Å². The van der Waals surface area contributed by atoms with Crippen molar-refractivity contribution in [3.63, 3.8) is 0 Å². The first kappa shape index (κ1) is 22.3. The van der Waals surface area contributed by atoms with Gasteiger partial charge in [0.05, 0.1) is 31.8 Å². The van der Waals surface area contributed by atoms with Crippen molar-refractivity contribution in [2.45, 2.75) is 6.61 Å². The van der Waals surface area contributed by atoms with Crippen LogP contribution in [0.1, 0.15) is 16.2 Å². The Labute approximate surface area is 182 Å². The molecule has 0 atom stereocenters. The summed E-state index contributed by atoms with van der Waals surface area (Å²) in [4.78, 5) is 22.9. The molecule has 0 amide bonds. The van der Waals surface area contributed by atoms with Crippen LogP contribution in [0.3, 0.4) is 0 Å². The Morgan fingerprint density at radius 3 is 2.34 bits per heavy atom. The molecule has 1 N–H and O–H groups in total. The standard InChI is InChI=1S/C20H20N4O8/c1-21-14-6-5-12(24(26)27)9-13(14)20(25)31-10-17-22-23-19(32-17)11-7-15(28-2)18(30-4)16(8-11)29-3/h5-9,21H,10H2,1-4H3. The summed E-state index contributed by atoms with van der Waals surface area (Å²) in [6, 6.07) is 7.09. The van der Waals surface area contributed by atoms with E-state index in [9.17, 15) is 14.9 Å². The molecular formula is C20H20N4O8. The number of aromatic nitrogens is 2. The second-order valence-corrected chi connectivity index (χ2v) is 6.23. The topological polar surface area (TPSA) is 148 Å². The summed E-state index contributed by atoms with van der Waals surface area (Å²) < 4.78 is 26.7. The van der Waals surface area contributed by atoms with Crippen LogP contribution in [0.15, 0.2) is 34.7 Å². The molecule has 12 nitrogen and oxygen atoms in total. The number of hydrogen-bond acceptors (Lipinski definition) is 11. The summed E-state index contributed by atoms with van der Waals surface area (Å²) >= 11 is 0. The monoisotopic (exact) mass is 444 g/mol. The first-order valence-corrected chi connectivity index (χ1v) is 9.17. The predicted molar refractivity (Wildman–Crippen MR) is 111 cm³/mol. The molecule has 0 saturated heterocycles. The van der Waals surface area contributed by atoms with Gasteiger partial charge in [-0.25, -0.2) is 4.79 Å². The minimum atomic E-state index is -0.786. The molecular weight excluding hydrogens is 424 g/mol. The molecule has 0 bridgehead atoms. The molecule has 0 aliphatic carbocycles. The molecule has 0 spiro atoms. The number of methoxy groups -OCH3 is 3. The van der Waals surface area contributed by atoms with Gasteiger partial charge in [0, 0.05) is 30.4 Å². The molecule has 3 rings (SSSR count). The highest BCUT2D eigenvalue weighted by atomic mass is 16.6. The normalized spacial score (nSPS) is 10.4. The van der Waals surface area contributed by atoms with Gasteiger partial charge in [-0.05, 0) is 18.2 Å². The number of nitrogens with zero attached hydrogens (tertiary/aromatic N) is 3. The fourth-order valence-electron chi connectivity index (χ4n) is 2.87. The van der Waals surface area contributed by atoms with E-state index in [2.05, 4.69) is 15.5 Å². The lowest BCUT2D eigenvalue weighted by Crippen LogP contribution is -2.09. The second kappa shape index (κ2) is 9.64. The van der Waals surface area contributed by atoms with Gasteiger partial charge in [-0.3, -0.25) is 10.1 Å². The van der Waals surface area contributed by atoms with Crippen molar-refractivity contribution >= 4 is 17.3 Å². The number of ether oxygens (including phenoxy) is 4. The first-order valence-electron chi connectivity index (χ1n) is 9.17. The maximum Gasteiger partial charge on any atom is 0.341 e. The summed E-state index contributed by atoms with van der Waals surface area (Å²) in [6.07, 6.45) is 0. The van der Waals surface area contributed by atoms with Gasteiger partial charge >= 0.3 is 5.97 Å². The van der Waals surface area contributed by atoms with E-state index in [0.717, 1.165) is 6.07 Å². The predicted octanol–water partition coefficient (Wildman–Crippen LogP) is 3.07. The van der Waals surface area contributed by atoms with Crippen LogP contribution in [0.2, 0.25) is 0 Å². The van der Waals surface area contributed by atoms with Gasteiger partial charge in [-0.2, -0.15) is 0 Å². The van der Waals surface area contributed by atoms with Crippen molar-refractivity contribution in [2.75, 3.05) is 33.7 Å². The van der Waals surface area contributed by atoms with Crippen LogP contribution in [-0.2, 0) is 11.3 Å². The highest BCUT2D eigenvalue weighted by molar-refractivity contribution is 5.96. The van der Waals surface area contributed by atoms with E-state index >= 15 is 0 Å². The number of carbonyl (C=O) groups is 1. The number of esters is 1. The lowest BCUT2D eigenvalue weighted by molar-refractivity contribution is -0.384. The van der Waals surface area contributed by atoms with Gasteiger partial charge in [0.1, 0.15) is 0 Å². The van der Waals surface area contributed by atoms with Crippen molar-refractivity contribution in [2.24, 2.45) is 0 Å². The van der Waals surface area contributed by atoms with Crippen LogP contribution in [0.25, 0.3) is 11.5 Å². The summed E-state index contributed by atoms with van der Waals surface area (Å²) in [7, 11) is 6.03. The Bertz CT molecular complexity index is 1120. The minimum absolute atomic E-state index is 0.00562. The van der Waals surface area contributed by atoms with Crippen LogP contribution in [0, 0.1) is 10.1 Å². The Morgan fingerprint density at radius 1 is 1.09 bits per heavy atom. The first-order chi connectivity index (χ1) is 15.4. The van der Waals surface area contributed by atoms with Crippen LogP contribution in [0.5, 0.6) is 17.2 Å². The third-order valence-electron chi connectivity index (χ3n) is 4.41. The lowest BCUT2D eigenvalue weighted by atomic mass is 10.1. The average molecular weight is 444 g/mol. The van der Waals surface area contributed by atoms with Crippen LogP contribution in [0.4, 0.5) is 11.4 Å². The van der Waals surface area contributed by atoms with E-state index < -0.39 is 10.9 Å². The maximum absolute atomic E-state index is 12.5. The van der Waals surface area contributed by atoms with Crippen molar-refractivity contribution in [1.82, 2.24) is 10.2 Å². The van der Waals surface area contributed by atoms with Crippen molar-refractivity contribution < 1.29 is 33.1 Å². The third-order valence-corrected chi connectivity index (χ3v) is 4.41. The summed E-state index contributed by atoms with van der Waals surface area (Å²) in [5.41, 5.74) is 0.648. The Hall–Kier alpha value is -4.35. The Kier molecular flexibility index (Phi) is 6.73. The smallest absolute Gasteiger partial charge is 0.341 e. The van der Waals surface area contributed by atoms with E-state index in [1.165, 1.54) is 33.5 Å².